The summed E-state index contributed by atoms with van der Waals surface area (Å²) in [6.07, 6.45) is 4.47. The van der Waals surface area contributed by atoms with Gasteiger partial charge in [0.2, 0.25) is 0 Å². The first kappa shape index (κ1) is 10.5. The van der Waals surface area contributed by atoms with Crippen LogP contribution in [0.15, 0.2) is 12.7 Å². The van der Waals surface area contributed by atoms with Crippen LogP contribution in [-0.4, -0.2) is 6.54 Å². The van der Waals surface area contributed by atoms with E-state index < -0.39 is 0 Å². The van der Waals surface area contributed by atoms with Crippen LogP contribution in [0, 0.1) is 22.9 Å². The maximum Gasteiger partial charge on any atom is 0.190 e. The predicted octanol–water partition coefficient (Wildman–Crippen LogP) is -0.331. The zero-order chi connectivity index (χ0) is 7.54. The molecule has 9 heavy (non-hydrogen) atoms. The molecular formula is C5H8N4. The zero-order valence-corrected chi connectivity index (χ0v) is 4.96. The molecule has 0 amide bonds. The minimum Gasteiger partial charge on any atom is -0.327 e. The van der Waals surface area contributed by atoms with E-state index in [1.807, 2.05) is 0 Å². The molecule has 0 aliphatic heterocycles. The minimum atomic E-state index is 0.583. The van der Waals surface area contributed by atoms with Gasteiger partial charge in [0.15, 0.2) is 12.4 Å². The third-order valence-electron chi connectivity index (χ3n) is 0.278. The molecule has 0 rings (SSSR count). The Balaban J connectivity index is 0. The van der Waals surface area contributed by atoms with Crippen LogP contribution in [-0.2, 0) is 0 Å². The van der Waals surface area contributed by atoms with Gasteiger partial charge in [0.25, 0.3) is 0 Å². The van der Waals surface area contributed by atoms with E-state index in [4.69, 9.17) is 16.3 Å². The standard InChI is InChI=1S/C3H7N.C2HN3/c1-2-3-4;3-1-5-2-4/h2H,1,3-4H2;5H. The summed E-state index contributed by atoms with van der Waals surface area (Å²) >= 11 is 0. The maximum atomic E-state index is 7.48. The first-order valence-corrected chi connectivity index (χ1v) is 2.17. The topological polar surface area (TPSA) is 85.6 Å². The second-order valence-corrected chi connectivity index (χ2v) is 0.873. The van der Waals surface area contributed by atoms with Crippen LogP contribution in [0.3, 0.4) is 0 Å². The van der Waals surface area contributed by atoms with Gasteiger partial charge in [0.1, 0.15) is 0 Å². The Kier molecular flexibility index (Phi) is 18.7. The summed E-state index contributed by atoms with van der Waals surface area (Å²) in [5.74, 6) is 0. The molecule has 0 saturated carbocycles. The molecule has 0 radical (unpaired) electrons. The number of nitriles is 2. The Morgan fingerprint density at radius 3 is 1.89 bits per heavy atom. The molecule has 0 heterocycles. The fourth-order valence-corrected chi connectivity index (χ4v) is 0.0250. The number of nitrogens with one attached hydrogen (secondary N) is 1. The van der Waals surface area contributed by atoms with E-state index in [0.29, 0.717) is 6.54 Å². The zero-order valence-electron chi connectivity index (χ0n) is 4.96. The molecule has 3 N–H and O–H groups in total. The van der Waals surface area contributed by atoms with E-state index >= 15 is 0 Å². The lowest BCUT2D eigenvalue weighted by Crippen LogP contribution is -1.90. The van der Waals surface area contributed by atoms with Crippen molar-refractivity contribution in [3.63, 3.8) is 0 Å². The molecule has 0 aromatic rings. The maximum absolute atomic E-state index is 7.48. The van der Waals surface area contributed by atoms with Crippen molar-refractivity contribution in [1.82, 2.24) is 5.32 Å². The van der Waals surface area contributed by atoms with Crippen molar-refractivity contribution in [1.29, 1.82) is 10.5 Å². The highest BCUT2D eigenvalue weighted by atomic mass is 14.8. The molecule has 0 fully saturated rings. The van der Waals surface area contributed by atoms with E-state index in [1.54, 1.807) is 11.4 Å². The third-order valence-corrected chi connectivity index (χ3v) is 0.278. The van der Waals surface area contributed by atoms with E-state index in [9.17, 15) is 0 Å². The molecule has 0 aromatic heterocycles. The van der Waals surface area contributed by atoms with Crippen LogP contribution in [0.25, 0.3) is 0 Å². The summed E-state index contributed by atoms with van der Waals surface area (Å²) in [5, 5.41) is 16.7. The fourth-order valence-electron chi connectivity index (χ4n) is 0.0250. The molecule has 0 saturated heterocycles. The highest BCUT2D eigenvalue weighted by Gasteiger charge is 1.53. The van der Waals surface area contributed by atoms with Crippen LogP contribution in [0.1, 0.15) is 0 Å². The van der Waals surface area contributed by atoms with Crippen LogP contribution in [0.5, 0.6) is 0 Å². The molecule has 0 spiro atoms. The van der Waals surface area contributed by atoms with Crippen LogP contribution < -0.4 is 11.1 Å². The smallest absolute Gasteiger partial charge is 0.190 e. The molecule has 0 aliphatic rings. The van der Waals surface area contributed by atoms with Gasteiger partial charge in [-0.25, -0.2) is 5.32 Å². The Morgan fingerprint density at radius 1 is 1.56 bits per heavy atom. The van der Waals surface area contributed by atoms with Crippen molar-refractivity contribution in [2.75, 3.05) is 6.54 Å². The van der Waals surface area contributed by atoms with Crippen LogP contribution in [0.4, 0.5) is 0 Å². The quantitative estimate of drug-likeness (QED) is 0.284. The van der Waals surface area contributed by atoms with E-state index in [2.05, 4.69) is 6.58 Å². The summed E-state index contributed by atoms with van der Waals surface area (Å²) in [4.78, 5) is 0. The molecule has 48 valence electrons. The highest BCUT2D eigenvalue weighted by molar-refractivity contribution is 4.77. The molecule has 0 unspecified atom stereocenters. The summed E-state index contributed by atoms with van der Waals surface area (Å²) in [5.41, 5.74) is 4.91. The summed E-state index contributed by atoms with van der Waals surface area (Å²) in [7, 11) is 0. The number of nitrogens with zero attached hydrogens (tertiary/aromatic N) is 2. The van der Waals surface area contributed by atoms with Gasteiger partial charge in [-0.1, -0.05) is 6.08 Å². The van der Waals surface area contributed by atoms with Gasteiger partial charge >= 0.3 is 0 Å². The Morgan fingerprint density at radius 2 is 1.89 bits per heavy atom. The SMILES string of the molecule is C=CCN.N#CNC#N. The lowest BCUT2D eigenvalue weighted by molar-refractivity contribution is 1.20. The molecular weight excluding hydrogens is 116 g/mol. The van der Waals surface area contributed by atoms with Crippen LogP contribution >= 0.6 is 0 Å². The second-order valence-electron chi connectivity index (χ2n) is 0.873. The molecule has 0 aromatic carbocycles. The van der Waals surface area contributed by atoms with Gasteiger partial charge in [0.05, 0.1) is 0 Å². The molecule has 4 heteroatoms. The average Bonchev–Trinajstić information content (AvgIpc) is 1.91. The summed E-state index contributed by atoms with van der Waals surface area (Å²) in [6, 6.07) is 0. The number of hydrogen-bond donors (Lipinski definition) is 2. The monoisotopic (exact) mass is 124 g/mol. The van der Waals surface area contributed by atoms with Crippen molar-refractivity contribution in [2.24, 2.45) is 5.73 Å². The lowest BCUT2D eigenvalue weighted by atomic mass is 10.7. The van der Waals surface area contributed by atoms with Gasteiger partial charge in [-0.05, 0) is 0 Å². The summed E-state index contributed by atoms with van der Waals surface area (Å²) in [6.45, 7) is 3.94. The Labute approximate surface area is 54.2 Å². The highest BCUT2D eigenvalue weighted by Crippen LogP contribution is 1.40. The lowest BCUT2D eigenvalue weighted by Gasteiger charge is -1.61. The summed E-state index contributed by atoms with van der Waals surface area (Å²) < 4.78 is 0. The van der Waals surface area contributed by atoms with Gasteiger partial charge in [-0.2, -0.15) is 10.5 Å². The first-order valence-electron chi connectivity index (χ1n) is 2.17. The Hall–Kier alpha value is -1.52. The van der Waals surface area contributed by atoms with Crippen molar-refractivity contribution < 1.29 is 0 Å². The van der Waals surface area contributed by atoms with Gasteiger partial charge < -0.3 is 5.73 Å². The minimum absolute atomic E-state index is 0.583. The molecule has 0 bridgehead atoms. The fraction of sp³-hybridized carbons (Fsp3) is 0.200. The van der Waals surface area contributed by atoms with Crippen molar-refractivity contribution in [3.05, 3.63) is 12.7 Å². The van der Waals surface area contributed by atoms with Crippen molar-refractivity contribution in [2.45, 2.75) is 0 Å². The van der Waals surface area contributed by atoms with E-state index in [0.717, 1.165) is 0 Å². The van der Waals surface area contributed by atoms with Gasteiger partial charge in [-0.15, -0.1) is 6.58 Å². The van der Waals surface area contributed by atoms with Gasteiger partial charge in [0, 0.05) is 6.54 Å². The average molecular weight is 124 g/mol. The number of hydrogen-bond acceptors (Lipinski definition) is 4. The van der Waals surface area contributed by atoms with Crippen molar-refractivity contribution >= 4 is 0 Å². The molecule has 4 nitrogen and oxygen atoms in total. The Bertz CT molecular complexity index is 115. The van der Waals surface area contributed by atoms with E-state index in [1.165, 1.54) is 12.4 Å². The van der Waals surface area contributed by atoms with E-state index in [-0.39, 0.29) is 0 Å². The number of rotatable bonds is 1. The second kappa shape index (κ2) is 16.1. The first-order chi connectivity index (χ1) is 4.33. The van der Waals surface area contributed by atoms with Gasteiger partial charge in [-0.3, -0.25) is 0 Å². The normalized spacial score (nSPS) is 4.78. The largest absolute Gasteiger partial charge is 0.327 e. The predicted molar refractivity (Wildman–Crippen MR) is 33.6 cm³/mol. The molecule has 0 aliphatic carbocycles. The third kappa shape index (κ3) is 59.4. The van der Waals surface area contributed by atoms with Crippen LogP contribution in [0.2, 0.25) is 0 Å². The van der Waals surface area contributed by atoms with Crippen molar-refractivity contribution in [3.8, 4) is 12.4 Å². The number of nitrogens with two attached hydrogens (primary N) is 1. The molecule has 0 atom stereocenters.